The molecule has 5 saturated carbocycles. The molecule has 44 heavy (non-hydrogen) atoms. The van der Waals surface area contributed by atoms with Crippen molar-refractivity contribution >= 4 is 0 Å². The van der Waals surface area contributed by atoms with Crippen LogP contribution in [0.3, 0.4) is 0 Å². The van der Waals surface area contributed by atoms with Crippen LogP contribution in [0.15, 0.2) is 0 Å². The molecule has 8 rings (SSSR count). The SMILES string of the molecule is C[C@@H]1C[C@H]2O[C@@]3(O[C@@H]2C(C)(C)O)C(O)[C@@]2(C)C4CCC5C(C)(C)[C@@H](O[C@H]6OC[C@H](O)[C@@H](O)[C@@H]6O)CC[C@@]56C[C@@]46CC[C@]2(C)C13. The molecule has 0 aromatic rings. The third-order valence-electron chi connectivity index (χ3n) is 15.9. The van der Waals surface area contributed by atoms with E-state index in [9.17, 15) is 25.5 Å². The number of aliphatic hydroxyl groups excluding tert-OH is 4. The summed E-state index contributed by atoms with van der Waals surface area (Å²) in [6, 6.07) is 0. The quantitative estimate of drug-likeness (QED) is 0.301. The molecule has 0 aromatic carbocycles. The van der Waals surface area contributed by atoms with Gasteiger partial charge in [-0.2, -0.15) is 0 Å². The van der Waals surface area contributed by atoms with Crippen molar-refractivity contribution in [2.45, 2.75) is 160 Å². The van der Waals surface area contributed by atoms with E-state index in [-0.39, 0.29) is 51.8 Å². The highest BCUT2D eigenvalue weighted by molar-refractivity contribution is 5.34. The van der Waals surface area contributed by atoms with Crippen LogP contribution in [0.25, 0.3) is 0 Å². The molecule has 3 spiro atoms. The second kappa shape index (κ2) is 9.00. The van der Waals surface area contributed by atoms with E-state index in [1.54, 1.807) is 13.8 Å². The van der Waals surface area contributed by atoms with Gasteiger partial charge in [-0.15, -0.1) is 0 Å². The summed E-state index contributed by atoms with van der Waals surface area (Å²) in [4.78, 5) is 0. The first-order valence-electron chi connectivity index (χ1n) is 17.5. The van der Waals surface area contributed by atoms with Crippen molar-refractivity contribution in [2.24, 2.45) is 50.7 Å². The van der Waals surface area contributed by atoms with Gasteiger partial charge in [-0.05, 0) is 105 Å². The Hall–Kier alpha value is -0.360. The van der Waals surface area contributed by atoms with Gasteiger partial charge >= 0.3 is 0 Å². The van der Waals surface area contributed by atoms with E-state index >= 15 is 0 Å². The van der Waals surface area contributed by atoms with Gasteiger partial charge < -0.3 is 44.5 Å². The highest BCUT2D eigenvalue weighted by atomic mass is 16.8. The lowest BCUT2D eigenvalue weighted by atomic mass is 9.41. The molecule has 3 heterocycles. The van der Waals surface area contributed by atoms with Gasteiger partial charge in [0.15, 0.2) is 12.1 Å². The summed E-state index contributed by atoms with van der Waals surface area (Å²) in [6.07, 6.45) is 2.00. The van der Waals surface area contributed by atoms with Crippen molar-refractivity contribution in [3.8, 4) is 0 Å². The number of ether oxygens (including phenoxy) is 4. The van der Waals surface area contributed by atoms with E-state index in [4.69, 9.17) is 18.9 Å². The zero-order valence-corrected chi connectivity index (χ0v) is 27.7. The van der Waals surface area contributed by atoms with Crippen LogP contribution in [0.2, 0.25) is 0 Å². The Labute approximate surface area is 262 Å². The molecule has 2 bridgehead atoms. The topological polar surface area (TPSA) is 138 Å². The van der Waals surface area contributed by atoms with Gasteiger partial charge in [-0.1, -0.05) is 34.6 Å². The molecule has 5 N–H and O–H groups in total. The predicted octanol–water partition coefficient (Wildman–Crippen LogP) is 3.12. The van der Waals surface area contributed by atoms with Crippen LogP contribution in [-0.2, 0) is 18.9 Å². The molecule has 9 heteroatoms. The van der Waals surface area contributed by atoms with Gasteiger partial charge in [0.05, 0.1) is 24.4 Å². The van der Waals surface area contributed by atoms with Crippen molar-refractivity contribution < 1.29 is 44.5 Å². The van der Waals surface area contributed by atoms with Crippen LogP contribution in [0, 0.1) is 50.7 Å². The number of hydrogen-bond donors (Lipinski definition) is 5. The largest absolute Gasteiger partial charge is 0.388 e. The van der Waals surface area contributed by atoms with Crippen molar-refractivity contribution in [1.82, 2.24) is 0 Å². The third-order valence-corrected chi connectivity index (χ3v) is 15.9. The standard InChI is InChI=1S/C35H56O9/c1-17-14-19-26(30(4,5)40)44-35(43-19)25(17)31(6)12-13-34-16-33(34)11-10-22(42-27-24(38)23(37)18(36)15-41-27)29(2,3)20(33)8-9-21(34)32(31,7)28(35)39/h17-28,36-40H,8-16H2,1-7H3/t17-,18+,19-,20?,21?,22+,23-,24+,25?,26+,27-,28?,31-,32-,33-,34+,35+/m1/s1. The Balaban J connectivity index is 1.10. The second-order valence-electron chi connectivity index (χ2n) is 18.3. The maximum Gasteiger partial charge on any atom is 0.199 e. The summed E-state index contributed by atoms with van der Waals surface area (Å²) >= 11 is 0. The van der Waals surface area contributed by atoms with Crippen molar-refractivity contribution in [3.05, 3.63) is 0 Å². The van der Waals surface area contributed by atoms with E-state index < -0.39 is 48.2 Å². The van der Waals surface area contributed by atoms with Crippen LogP contribution in [0.1, 0.15) is 99.8 Å². The van der Waals surface area contributed by atoms with Gasteiger partial charge in [0.2, 0.25) is 0 Å². The summed E-state index contributed by atoms with van der Waals surface area (Å²) in [5.41, 5.74) is -1.39. The van der Waals surface area contributed by atoms with Gasteiger partial charge in [0.1, 0.15) is 30.5 Å². The molecule has 0 aromatic heterocycles. The molecule has 0 radical (unpaired) electrons. The summed E-state index contributed by atoms with van der Waals surface area (Å²) in [7, 11) is 0. The van der Waals surface area contributed by atoms with E-state index in [0.717, 1.165) is 44.9 Å². The number of aliphatic hydroxyl groups is 5. The molecule has 0 amide bonds. The molecule has 5 aliphatic carbocycles. The molecule has 4 unspecified atom stereocenters. The number of hydrogen-bond acceptors (Lipinski definition) is 9. The molecule has 250 valence electrons. The van der Waals surface area contributed by atoms with E-state index in [1.165, 1.54) is 6.42 Å². The van der Waals surface area contributed by atoms with E-state index in [1.807, 2.05) is 0 Å². The van der Waals surface area contributed by atoms with Gasteiger partial charge in [0.25, 0.3) is 0 Å². The predicted molar refractivity (Wildman–Crippen MR) is 159 cm³/mol. The van der Waals surface area contributed by atoms with Crippen LogP contribution < -0.4 is 0 Å². The first kappa shape index (κ1) is 30.9. The molecular weight excluding hydrogens is 564 g/mol. The van der Waals surface area contributed by atoms with Crippen molar-refractivity contribution in [3.63, 3.8) is 0 Å². The smallest absolute Gasteiger partial charge is 0.199 e. The second-order valence-corrected chi connectivity index (χ2v) is 18.3. The fourth-order valence-electron chi connectivity index (χ4n) is 14.0. The Morgan fingerprint density at radius 3 is 2.23 bits per heavy atom. The number of fused-ring (bicyclic) bond motifs is 4. The summed E-state index contributed by atoms with van der Waals surface area (Å²) in [6.45, 7) is 15.2. The Morgan fingerprint density at radius 2 is 1.52 bits per heavy atom. The average molecular weight is 621 g/mol. The third kappa shape index (κ3) is 3.38. The fraction of sp³-hybridized carbons (Fsp3) is 1.00. The molecule has 3 aliphatic heterocycles. The highest BCUT2D eigenvalue weighted by Gasteiger charge is 2.88. The highest BCUT2D eigenvalue weighted by Crippen LogP contribution is 2.90. The maximum absolute atomic E-state index is 12.7. The fourth-order valence-corrected chi connectivity index (χ4v) is 14.0. The molecule has 8 fully saturated rings. The molecule has 8 aliphatic rings. The molecule has 3 saturated heterocycles. The minimum Gasteiger partial charge on any atom is -0.388 e. The minimum atomic E-state index is -1.28. The van der Waals surface area contributed by atoms with Gasteiger partial charge in [-0.3, -0.25) is 0 Å². The maximum atomic E-state index is 12.7. The van der Waals surface area contributed by atoms with E-state index in [2.05, 4.69) is 34.6 Å². The Morgan fingerprint density at radius 1 is 0.841 bits per heavy atom. The Bertz CT molecular complexity index is 1200. The first-order chi connectivity index (χ1) is 20.4. The van der Waals surface area contributed by atoms with Crippen molar-refractivity contribution in [1.29, 1.82) is 0 Å². The minimum absolute atomic E-state index is 0.0559. The van der Waals surface area contributed by atoms with E-state index in [0.29, 0.717) is 17.8 Å². The normalized spacial score (nSPS) is 62.2. The van der Waals surface area contributed by atoms with Gasteiger partial charge in [-0.25, -0.2) is 0 Å². The average Bonchev–Trinajstić information content (AvgIpc) is 3.45. The summed E-state index contributed by atoms with van der Waals surface area (Å²) in [5, 5.41) is 54.5. The Kier molecular flexibility index (Phi) is 6.33. The lowest BCUT2D eigenvalue weighted by Gasteiger charge is -2.63. The molecular formula is C35H56O9. The summed E-state index contributed by atoms with van der Waals surface area (Å²) in [5.74, 6) is 0.108. The lowest BCUT2D eigenvalue weighted by Crippen LogP contribution is -2.61. The van der Waals surface area contributed by atoms with Gasteiger partial charge in [0, 0.05) is 11.3 Å². The number of rotatable bonds is 3. The monoisotopic (exact) mass is 620 g/mol. The zero-order chi connectivity index (χ0) is 31.6. The first-order valence-corrected chi connectivity index (χ1v) is 17.5. The van der Waals surface area contributed by atoms with Crippen LogP contribution in [0.5, 0.6) is 0 Å². The molecule has 9 nitrogen and oxygen atoms in total. The van der Waals surface area contributed by atoms with Crippen LogP contribution >= 0.6 is 0 Å². The van der Waals surface area contributed by atoms with Crippen molar-refractivity contribution in [2.75, 3.05) is 6.61 Å². The lowest BCUT2D eigenvalue weighted by molar-refractivity contribution is -0.303. The van der Waals surface area contributed by atoms with Crippen LogP contribution in [0.4, 0.5) is 0 Å². The summed E-state index contributed by atoms with van der Waals surface area (Å²) < 4.78 is 25.8. The zero-order valence-electron chi connectivity index (χ0n) is 27.7. The van der Waals surface area contributed by atoms with Crippen LogP contribution in [-0.4, -0.2) is 92.5 Å². The molecule has 17 atom stereocenters.